The molecule has 0 saturated carbocycles. The molecule has 0 aliphatic heterocycles. The molecule has 1 amide bonds. The van der Waals surface area contributed by atoms with Crippen molar-refractivity contribution in [1.29, 1.82) is 0 Å². The molecule has 0 spiro atoms. The van der Waals surface area contributed by atoms with Crippen LogP contribution in [0.25, 0.3) is 0 Å². The first-order chi connectivity index (χ1) is 10.9. The van der Waals surface area contributed by atoms with Gasteiger partial charge in [0.15, 0.2) is 0 Å². The topological polar surface area (TPSA) is 75.3 Å². The second kappa shape index (κ2) is 7.72. The van der Waals surface area contributed by atoms with E-state index in [0.717, 1.165) is 10.0 Å². The van der Waals surface area contributed by atoms with Gasteiger partial charge in [0.25, 0.3) is 0 Å². The van der Waals surface area contributed by atoms with Gasteiger partial charge in [-0.3, -0.25) is 4.79 Å². The Hall–Kier alpha value is -1.70. The number of rotatable bonds is 6. The third-order valence-corrected chi connectivity index (χ3v) is 5.15. The molecule has 0 radical (unpaired) electrons. The molecule has 7 heteroatoms. The van der Waals surface area contributed by atoms with Gasteiger partial charge < -0.3 is 5.32 Å². The molecule has 0 atom stereocenters. The van der Waals surface area contributed by atoms with Crippen LogP contribution in [0.1, 0.15) is 12.5 Å². The molecule has 2 aromatic carbocycles. The lowest BCUT2D eigenvalue weighted by atomic mass is 10.1. The summed E-state index contributed by atoms with van der Waals surface area (Å²) in [5.74, 6) is -0.158. The third kappa shape index (κ3) is 5.16. The Kier molecular flexibility index (Phi) is 5.92. The Bertz CT molecular complexity index is 772. The van der Waals surface area contributed by atoms with E-state index >= 15 is 0 Å². The van der Waals surface area contributed by atoms with Gasteiger partial charge in [-0.05, 0) is 42.0 Å². The molecule has 0 aliphatic carbocycles. The molecule has 2 aromatic rings. The lowest BCUT2D eigenvalue weighted by molar-refractivity contribution is -0.115. The Labute approximate surface area is 144 Å². The highest BCUT2D eigenvalue weighted by Gasteiger charge is 2.12. The maximum absolute atomic E-state index is 12.0. The number of carbonyl (C=O) groups is 1. The molecular formula is C16H17BrN2O3S. The van der Waals surface area contributed by atoms with Gasteiger partial charge in [0.1, 0.15) is 0 Å². The zero-order valence-electron chi connectivity index (χ0n) is 12.5. The van der Waals surface area contributed by atoms with E-state index in [1.165, 1.54) is 12.1 Å². The lowest BCUT2D eigenvalue weighted by Gasteiger charge is -2.08. The predicted molar refractivity (Wildman–Crippen MR) is 93.8 cm³/mol. The highest BCUT2D eigenvalue weighted by molar-refractivity contribution is 9.10. The van der Waals surface area contributed by atoms with Crippen LogP contribution in [0.3, 0.4) is 0 Å². The van der Waals surface area contributed by atoms with E-state index in [4.69, 9.17) is 0 Å². The number of hydrogen-bond acceptors (Lipinski definition) is 3. The number of sulfonamides is 1. The van der Waals surface area contributed by atoms with Crippen molar-refractivity contribution in [3.8, 4) is 0 Å². The molecule has 0 aromatic heterocycles. The average molecular weight is 397 g/mol. The standard InChI is InChI=1S/C16H17BrN2O3S/c1-2-18-23(21,22)15-9-7-14(8-10-15)19-16(20)11-12-3-5-13(17)6-4-12/h3-10,18H,2,11H2,1H3,(H,19,20). The molecule has 0 unspecified atom stereocenters. The van der Waals surface area contributed by atoms with Crippen molar-refractivity contribution in [3.05, 3.63) is 58.6 Å². The van der Waals surface area contributed by atoms with Crippen molar-refractivity contribution in [2.45, 2.75) is 18.2 Å². The largest absolute Gasteiger partial charge is 0.326 e. The number of carbonyl (C=O) groups excluding carboxylic acids is 1. The minimum absolute atomic E-state index is 0.158. The highest BCUT2D eigenvalue weighted by atomic mass is 79.9. The maximum Gasteiger partial charge on any atom is 0.240 e. The van der Waals surface area contributed by atoms with Crippen molar-refractivity contribution in [2.75, 3.05) is 11.9 Å². The summed E-state index contributed by atoms with van der Waals surface area (Å²) >= 11 is 3.34. The maximum atomic E-state index is 12.0. The first kappa shape index (κ1) is 17.7. The fourth-order valence-corrected chi connectivity index (χ4v) is 3.29. The minimum Gasteiger partial charge on any atom is -0.326 e. The van der Waals surface area contributed by atoms with E-state index in [1.54, 1.807) is 19.1 Å². The molecule has 122 valence electrons. The van der Waals surface area contributed by atoms with E-state index < -0.39 is 10.0 Å². The third-order valence-electron chi connectivity index (χ3n) is 3.06. The zero-order chi connectivity index (χ0) is 16.9. The predicted octanol–water partition coefficient (Wildman–Crippen LogP) is 2.93. The van der Waals surface area contributed by atoms with Crippen LogP contribution in [-0.2, 0) is 21.2 Å². The van der Waals surface area contributed by atoms with Gasteiger partial charge in [-0.25, -0.2) is 13.1 Å². The summed E-state index contributed by atoms with van der Waals surface area (Å²) < 4.78 is 27.0. The van der Waals surface area contributed by atoms with Crippen LogP contribution in [0.4, 0.5) is 5.69 Å². The molecular weight excluding hydrogens is 380 g/mol. The van der Waals surface area contributed by atoms with Gasteiger partial charge in [-0.1, -0.05) is 35.0 Å². The molecule has 0 saturated heterocycles. The number of hydrogen-bond donors (Lipinski definition) is 2. The molecule has 2 N–H and O–H groups in total. The molecule has 0 aliphatic rings. The van der Waals surface area contributed by atoms with E-state index in [2.05, 4.69) is 26.0 Å². The van der Waals surface area contributed by atoms with Crippen molar-refractivity contribution in [1.82, 2.24) is 4.72 Å². The van der Waals surface area contributed by atoms with E-state index in [0.29, 0.717) is 12.2 Å². The Morgan fingerprint density at radius 3 is 2.22 bits per heavy atom. The van der Waals surface area contributed by atoms with Crippen molar-refractivity contribution in [3.63, 3.8) is 0 Å². The number of amides is 1. The summed E-state index contributed by atoms with van der Waals surface area (Å²) in [5.41, 5.74) is 1.46. The quantitative estimate of drug-likeness (QED) is 0.787. The smallest absolute Gasteiger partial charge is 0.240 e. The van der Waals surface area contributed by atoms with Crippen LogP contribution < -0.4 is 10.0 Å². The van der Waals surface area contributed by atoms with Crippen molar-refractivity contribution < 1.29 is 13.2 Å². The van der Waals surface area contributed by atoms with Gasteiger partial charge >= 0.3 is 0 Å². The van der Waals surface area contributed by atoms with E-state index in [9.17, 15) is 13.2 Å². The Balaban J connectivity index is 2.00. The fourth-order valence-electron chi connectivity index (χ4n) is 1.98. The molecule has 0 heterocycles. The van der Waals surface area contributed by atoms with Gasteiger partial charge in [-0.15, -0.1) is 0 Å². The SMILES string of the molecule is CCNS(=O)(=O)c1ccc(NC(=O)Cc2ccc(Br)cc2)cc1. The average Bonchev–Trinajstić information content (AvgIpc) is 2.50. The van der Waals surface area contributed by atoms with Crippen LogP contribution in [0, 0.1) is 0 Å². The lowest BCUT2D eigenvalue weighted by Crippen LogP contribution is -2.23. The van der Waals surface area contributed by atoms with Crippen LogP contribution in [0.15, 0.2) is 57.9 Å². The minimum atomic E-state index is -3.48. The molecule has 5 nitrogen and oxygen atoms in total. The van der Waals surface area contributed by atoms with Crippen molar-refractivity contribution in [2.24, 2.45) is 0 Å². The summed E-state index contributed by atoms with van der Waals surface area (Å²) in [6, 6.07) is 13.6. The summed E-state index contributed by atoms with van der Waals surface area (Å²) in [4.78, 5) is 12.2. The van der Waals surface area contributed by atoms with Crippen LogP contribution >= 0.6 is 15.9 Å². The zero-order valence-corrected chi connectivity index (χ0v) is 14.9. The summed E-state index contributed by atoms with van der Waals surface area (Å²) in [6.45, 7) is 2.04. The first-order valence-electron chi connectivity index (χ1n) is 7.05. The summed E-state index contributed by atoms with van der Waals surface area (Å²) in [6.07, 6.45) is 0.255. The van der Waals surface area contributed by atoms with Gasteiger partial charge in [0.2, 0.25) is 15.9 Å². The van der Waals surface area contributed by atoms with E-state index in [1.807, 2.05) is 24.3 Å². The van der Waals surface area contributed by atoms with Crippen molar-refractivity contribution >= 4 is 37.5 Å². The van der Waals surface area contributed by atoms with Crippen LogP contribution in [0.2, 0.25) is 0 Å². The monoisotopic (exact) mass is 396 g/mol. The summed E-state index contributed by atoms with van der Waals surface area (Å²) in [7, 11) is -3.48. The summed E-state index contributed by atoms with van der Waals surface area (Å²) in [5, 5.41) is 2.75. The highest BCUT2D eigenvalue weighted by Crippen LogP contribution is 2.15. The number of halogens is 1. The van der Waals surface area contributed by atoms with Gasteiger partial charge in [-0.2, -0.15) is 0 Å². The molecule has 0 fully saturated rings. The van der Waals surface area contributed by atoms with Gasteiger partial charge in [0.05, 0.1) is 11.3 Å². The second-order valence-electron chi connectivity index (χ2n) is 4.88. The van der Waals surface area contributed by atoms with E-state index in [-0.39, 0.29) is 17.2 Å². The number of anilines is 1. The molecule has 23 heavy (non-hydrogen) atoms. The normalized spacial score (nSPS) is 11.2. The Morgan fingerprint density at radius 1 is 1.04 bits per heavy atom. The molecule has 2 rings (SSSR count). The second-order valence-corrected chi connectivity index (χ2v) is 7.56. The van der Waals surface area contributed by atoms with Crippen LogP contribution in [0.5, 0.6) is 0 Å². The number of nitrogens with one attached hydrogen (secondary N) is 2. The first-order valence-corrected chi connectivity index (χ1v) is 9.32. The molecule has 0 bridgehead atoms. The van der Waals surface area contributed by atoms with Gasteiger partial charge in [0, 0.05) is 16.7 Å². The fraction of sp³-hybridized carbons (Fsp3) is 0.188. The van der Waals surface area contributed by atoms with Crippen LogP contribution in [-0.4, -0.2) is 20.9 Å². The number of benzene rings is 2. The Morgan fingerprint density at radius 2 is 1.65 bits per heavy atom.